The molecule has 2 heteroatoms. The SMILES string of the molecule is CCc1ccc(OCCCCOc2ccc(CC(C)(C)C)cc2)cc1. The summed E-state index contributed by atoms with van der Waals surface area (Å²) in [4.78, 5) is 0. The van der Waals surface area contributed by atoms with E-state index in [-0.39, 0.29) is 0 Å². The van der Waals surface area contributed by atoms with Crippen molar-refractivity contribution >= 4 is 0 Å². The molecular weight excluding hydrogens is 308 g/mol. The number of rotatable bonds is 9. The maximum atomic E-state index is 5.82. The fourth-order valence-corrected chi connectivity index (χ4v) is 2.72. The highest BCUT2D eigenvalue weighted by Crippen LogP contribution is 2.22. The zero-order valence-corrected chi connectivity index (χ0v) is 16.2. The minimum atomic E-state index is 0.319. The summed E-state index contributed by atoms with van der Waals surface area (Å²) in [6, 6.07) is 16.8. The van der Waals surface area contributed by atoms with Crippen LogP contribution in [0.25, 0.3) is 0 Å². The van der Waals surface area contributed by atoms with E-state index in [4.69, 9.17) is 9.47 Å². The lowest BCUT2D eigenvalue weighted by Crippen LogP contribution is -2.09. The van der Waals surface area contributed by atoms with E-state index in [0.29, 0.717) is 5.41 Å². The van der Waals surface area contributed by atoms with Crippen LogP contribution in [0.1, 0.15) is 51.7 Å². The first-order valence-electron chi connectivity index (χ1n) is 9.40. The van der Waals surface area contributed by atoms with E-state index >= 15 is 0 Å². The maximum absolute atomic E-state index is 5.82. The zero-order chi connectivity index (χ0) is 18.1. The lowest BCUT2D eigenvalue weighted by atomic mass is 9.88. The van der Waals surface area contributed by atoms with Crippen LogP contribution in [0.15, 0.2) is 48.5 Å². The summed E-state index contributed by atoms with van der Waals surface area (Å²) in [5.74, 6) is 1.90. The van der Waals surface area contributed by atoms with E-state index in [1.54, 1.807) is 0 Å². The number of hydrogen-bond donors (Lipinski definition) is 0. The Hall–Kier alpha value is -1.96. The van der Waals surface area contributed by atoms with Crippen LogP contribution in [0.2, 0.25) is 0 Å². The molecule has 2 aromatic rings. The largest absolute Gasteiger partial charge is 0.494 e. The van der Waals surface area contributed by atoms with Crippen LogP contribution in [-0.4, -0.2) is 13.2 Å². The third kappa shape index (κ3) is 7.64. The van der Waals surface area contributed by atoms with E-state index in [1.807, 2.05) is 0 Å². The Balaban J connectivity index is 1.61. The summed E-state index contributed by atoms with van der Waals surface area (Å²) in [6.45, 7) is 10.4. The Morgan fingerprint density at radius 1 is 0.680 bits per heavy atom. The molecule has 0 heterocycles. The van der Waals surface area contributed by atoms with Crippen LogP contribution in [0, 0.1) is 5.41 Å². The average molecular weight is 341 g/mol. The van der Waals surface area contributed by atoms with Crippen molar-refractivity contribution in [3.63, 3.8) is 0 Å². The number of aryl methyl sites for hydroxylation is 1. The van der Waals surface area contributed by atoms with Crippen molar-refractivity contribution in [2.24, 2.45) is 5.41 Å². The van der Waals surface area contributed by atoms with Crippen LogP contribution in [0.3, 0.4) is 0 Å². The Bertz CT molecular complexity index is 606. The van der Waals surface area contributed by atoms with E-state index in [1.165, 1.54) is 11.1 Å². The predicted octanol–water partition coefficient (Wildman–Crippen LogP) is 6.08. The highest BCUT2D eigenvalue weighted by atomic mass is 16.5. The smallest absolute Gasteiger partial charge is 0.119 e. The molecule has 2 rings (SSSR count). The van der Waals surface area contributed by atoms with Gasteiger partial charge in [-0.15, -0.1) is 0 Å². The molecule has 0 atom stereocenters. The Kier molecular flexibility index (Phi) is 7.36. The Labute approximate surface area is 153 Å². The topological polar surface area (TPSA) is 18.5 Å². The van der Waals surface area contributed by atoms with Gasteiger partial charge >= 0.3 is 0 Å². The van der Waals surface area contributed by atoms with Crippen molar-refractivity contribution in [3.05, 3.63) is 59.7 Å². The van der Waals surface area contributed by atoms with Gasteiger partial charge in [0.25, 0.3) is 0 Å². The molecule has 0 N–H and O–H groups in total. The molecule has 0 bridgehead atoms. The molecule has 0 aliphatic rings. The van der Waals surface area contributed by atoms with Gasteiger partial charge in [0.1, 0.15) is 11.5 Å². The first-order valence-corrected chi connectivity index (χ1v) is 9.40. The molecule has 2 nitrogen and oxygen atoms in total. The third-order valence-corrected chi connectivity index (χ3v) is 4.07. The highest BCUT2D eigenvalue weighted by molar-refractivity contribution is 5.28. The van der Waals surface area contributed by atoms with Crippen molar-refractivity contribution < 1.29 is 9.47 Å². The minimum absolute atomic E-state index is 0.319. The number of unbranched alkanes of at least 4 members (excludes halogenated alkanes) is 1. The molecule has 2 aromatic carbocycles. The van der Waals surface area contributed by atoms with E-state index in [2.05, 4.69) is 76.2 Å². The number of hydrogen-bond acceptors (Lipinski definition) is 2. The normalized spacial score (nSPS) is 11.4. The molecule has 0 fully saturated rings. The first-order chi connectivity index (χ1) is 12.0. The summed E-state index contributed by atoms with van der Waals surface area (Å²) in [5.41, 5.74) is 3.02. The molecule has 136 valence electrons. The second-order valence-electron chi connectivity index (χ2n) is 7.78. The van der Waals surface area contributed by atoms with Crippen molar-refractivity contribution in [1.29, 1.82) is 0 Å². The highest BCUT2D eigenvalue weighted by Gasteiger charge is 2.10. The Morgan fingerprint density at radius 2 is 1.12 bits per heavy atom. The van der Waals surface area contributed by atoms with Crippen LogP contribution >= 0.6 is 0 Å². The van der Waals surface area contributed by atoms with Gasteiger partial charge in [-0.1, -0.05) is 52.0 Å². The van der Waals surface area contributed by atoms with Gasteiger partial charge in [-0.2, -0.15) is 0 Å². The molecule has 0 unspecified atom stereocenters. The molecule has 0 saturated carbocycles. The number of ether oxygens (including phenoxy) is 2. The fourth-order valence-electron chi connectivity index (χ4n) is 2.72. The monoisotopic (exact) mass is 340 g/mol. The molecule has 0 saturated heterocycles. The second kappa shape index (κ2) is 9.50. The predicted molar refractivity (Wildman–Crippen MR) is 106 cm³/mol. The van der Waals surface area contributed by atoms with Gasteiger partial charge in [0.2, 0.25) is 0 Å². The summed E-state index contributed by atoms with van der Waals surface area (Å²) in [6.07, 6.45) is 4.15. The molecule has 25 heavy (non-hydrogen) atoms. The first kappa shape index (κ1) is 19.4. The molecule has 0 aliphatic carbocycles. The molecule has 0 aromatic heterocycles. The van der Waals surface area contributed by atoms with Crippen molar-refractivity contribution in [2.75, 3.05) is 13.2 Å². The van der Waals surface area contributed by atoms with Crippen molar-refractivity contribution in [1.82, 2.24) is 0 Å². The van der Waals surface area contributed by atoms with Gasteiger partial charge in [0, 0.05) is 0 Å². The molecule has 0 spiro atoms. The van der Waals surface area contributed by atoms with Gasteiger partial charge in [-0.25, -0.2) is 0 Å². The lowest BCUT2D eigenvalue weighted by molar-refractivity contribution is 0.266. The van der Waals surface area contributed by atoms with E-state index in [9.17, 15) is 0 Å². The fraction of sp³-hybridized carbons (Fsp3) is 0.478. The third-order valence-electron chi connectivity index (χ3n) is 4.07. The molecule has 0 amide bonds. The standard InChI is InChI=1S/C23H32O2/c1-5-19-8-12-21(13-9-19)24-16-6-7-17-25-22-14-10-20(11-15-22)18-23(2,3)4/h8-15H,5-7,16-18H2,1-4H3. The number of benzene rings is 2. The quantitative estimate of drug-likeness (QED) is 0.515. The summed E-state index contributed by atoms with van der Waals surface area (Å²) < 4.78 is 11.6. The maximum Gasteiger partial charge on any atom is 0.119 e. The van der Waals surface area contributed by atoms with Crippen LogP contribution in [-0.2, 0) is 12.8 Å². The van der Waals surface area contributed by atoms with Gasteiger partial charge in [-0.05, 0) is 66.5 Å². The van der Waals surface area contributed by atoms with Crippen molar-refractivity contribution in [2.45, 2.75) is 53.4 Å². The van der Waals surface area contributed by atoms with Crippen LogP contribution in [0.5, 0.6) is 11.5 Å². The molecule has 0 aliphatic heterocycles. The van der Waals surface area contributed by atoms with Crippen molar-refractivity contribution in [3.8, 4) is 11.5 Å². The van der Waals surface area contributed by atoms with Crippen LogP contribution in [0.4, 0.5) is 0 Å². The zero-order valence-electron chi connectivity index (χ0n) is 16.2. The Morgan fingerprint density at radius 3 is 1.52 bits per heavy atom. The molecule has 0 radical (unpaired) electrons. The van der Waals surface area contributed by atoms with Gasteiger partial charge < -0.3 is 9.47 Å². The lowest BCUT2D eigenvalue weighted by Gasteiger charge is -2.18. The summed E-state index contributed by atoms with van der Waals surface area (Å²) in [5, 5.41) is 0. The molecular formula is C23H32O2. The second-order valence-corrected chi connectivity index (χ2v) is 7.78. The van der Waals surface area contributed by atoms with E-state index in [0.717, 1.165) is 50.4 Å². The summed E-state index contributed by atoms with van der Waals surface area (Å²) >= 11 is 0. The van der Waals surface area contributed by atoms with Gasteiger partial charge in [-0.3, -0.25) is 0 Å². The van der Waals surface area contributed by atoms with Gasteiger partial charge in [0.05, 0.1) is 13.2 Å². The minimum Gasteiger partial charge on any atom is -0.494 e. The van der Waals surface area contributed by atoms with Gasteiger partial charge in [0.15, 0.2) is 0 Å². The summed E-state index contributed by atoms with van der Waals surface area (Å²) in [7, 11) is 0. The van der Waals surface area contributed by atoms with E-state index < -0.39 is 0 Å². The van der Waals surface area contributed by atoms with Crippen LogP contribution < -0.4 is 9.47 Å². The average Bonchev–Trinajstić information content (AvgIpc) is 2.58.